The summed E-state index contributed by atoms with van der Waals surface area (Å²) >= 11 is 3.33. The SMILES string of the molecule is CN(C(=O)O)c1coc2ccc(Br)cc12. The Morgan fingerprint density at radius 3 is 2.93 bits per heavy atom. The van der Waals surface area contributed by atoms with Gasteiger partial charge in [-0.2, -0.15) is 0 Å². The van der Waals surface area contributed by atoms with Gasteiger partial charge in [0.25, 0.3) is 0 Å². The number of hydrogen-bond acceptors (Lipinski definition) is 2. The lowest BCUT2D eigenvalue weighted by atomic mass is 10.2. The molecule has 1 aromatic carbocycles. The van der Waals surface area contributed by atoms with Crippen molar-refractivity contribution >= 4 is 38.7 Å². The van der Waals surface area contributed by atoms with E-state index in [-0.39, 0.29) is 0 Å². The molecule has 0 saturated heterocycles. The minimum atomic E-state index is -1.02. The summed E-state index contributed by atoms with van der Waals surface area (Å²) in [6.45, 7) is 0. The number of anilines is 1. The molecule has 1 N–H and O–H groups in total. The molecule has 1 amide bonds. The number of fused-ring (bicyclic) bond motifs is 1. The number of amides is 1. The number of hydrogen-bond donors (Lipinski definition) is 1. The maximum absolute atomic E-state index is 10.8. The average Bonchev–Trinajstić information content (AvgIpc) is 2.59. The van der Waals surface area contributed by atoms with Crippen LogP contribution in [-0.2, 0) is 0 Å². The van der Waals surface area contributed by atoms with Crippen molar-refractivity contribution in [1.82, 2.24) is 0 Å². The van der Waals surface area contributed by atoms with Gasteiger partial charge in [-0.3, -0.25) is 4.90 Å². The predicted molar refractivity (Wildman–Crippen MR) is 60.3 cm³/mol. The molecule has 0 radical (unpaired) electrons. The number of halogens is 1. The number of carboxylic acid groups (broad SMARTS) is 1. The van der Waals surface area contributed by atoms with Gasteiger partial charge in [0.05, 0.1) is 5.69 Å². The highest BCUT2D eigenvalue weighted by Crippen LogP contribution is 2.30. The van der Waals surface area contributed by atoms with E-state index in [9.17, 15) is 4.79 Å². The second-order valence-electron chi connectivity index (χ2n) is 3.10. The number of rotatable bonds is 1. The minimum absolute atomic E-state index is 0.541. The lowest BCUT2D eigenvalue weighted by Crippen LogP contribution is -2.23. The highest BCUT2D eigenvalue weighted by Gasteiger charge is 2.14. The largest absolute Gasteiger partial charge is 0.465 e. The zero-order valence-electron chi connectivity index (χ0n) is 7.90. The highest BCUT2D eigenvalue weighted by molar-refractivity contribution is 9.10. The van der Waals surface area contributed by atoms with Gasteiger partial charge in [-0.15, -0.1) is 0 Å². The summed E-state index contributed by atoms with van der Waals surface area (Å²) in [7, 11) is 1.48. The summed E-state index contributed by atoms with van der Waals surface area (Å²) in [5, 5.41) is 9.63. The molecule has 0 atom stereocenters. The Kier molecular flexibility index (Phi) is 2.40. The van der Waals surface area contributed by atoms with Crippen molar-refractivity contribution in [2.45, 2.75) is 0 Å². The minimum Gasteiger partial charge on any atom is -0.465 e. The summed E-state index contributed by atoms with van der Waals surface area (Å²) < 4.78 is 6.14. The molecule has 78 valence electrons. The molecule has 0 spiro atoms. The molecular weight excluding hydrogens is 262 g/mol. The summed E-state index contributed by atoms with van der Waals surface area (Å²) in [6, 6.07) is 5.46. The lowest BCUT2D eigenvalue weighted by molar-refractivity contribution is 0.203. The average molecular weight is 270 g/mol. The van der Waals surface area contributed by atoms with Crippen molar-refractivity contribution in [2.75, 3.05) is 11.9 Å². The number of carbonyl (C=O) groups is 1. The van der Waals surface area contributed by atoms with Crippen LogP contribution in [0.25, 0.3) is 11.0 Å². The van der Waals surface area contributed by atoms with Crippen molar-refractivity contribution in [3.63, 3.8) is 0 Å². The third-order valence-corrected chi connectivity index (χ3v) is 2.66. The Labute approximate surface area is 94.2 Å². The van der Waals surface area contributed by atoms with E-state index in [1.165, 1.54) is 13.3 Å². The second-order valence-corrected chi connectivity index (χ2v) is 4.02. The fourth-order valence-electron chi connectivity index (χ4n) is 1.35. The van der Waals surface area contributed by atoms with Gasteiger partial charge in [0.15, 0.2) is 0 Å². The van der Waals surface area contributed by atoms with Crippen LogP contribution in [0.15, 0.2) is 33.4 Å². The summed E-state index contributed by atoms with van der Waals surface area (Å²) in [4.78, 5) is 11.9. The van der Waals surface area contributed by atoms with Crippen LogP contribution in [-0.4, -0.2) is 18.2 Å². The molecule has 0 saturated carbocycles. The first-order valence-corrected chi connectivity index (χ1v) is 5.02. The van der Waals surface area contributed by atoms with Gasteiger partial charge in [0.2, 0.25) is 0 Å². The lowest BCUT2D eigenvalue weighted by Gasteiger charge is -2.09. The molecule has 0 bridgehead atoms. The van der Waals surface area contributed by atoms with Gasteiger partial charge in [-0.05, 0) is 18.2 Å². The van der Waals surface area contributed by atoms with Crippen LogP contribution >= 0.6 is 15.9 Å². The Morgan fingerprint density at radius 2 is 2.27 bits per heavy atom. The first-order valence-electron chi connectivity index (χ1n) is 4.23. The van der Waals surface area contributed by atoms with Gasteiger partial charge in [-0.25, -0.2) is 4.79 Å². The third-order valence-electron chi connectivity index (χ3n) is 2.16. The van der Waals surface area contributed by atoms with Gasteiger partial charge in [0, 0.05) is 16.9 Å². The molecule has 4 nitrogen and oxygen atoms in total. The van der Waals surface area contributed by atoms with E-state index in [0.717, 1.165) is 14.8 Å². The number of furan rings is 1. The molecule has 0 aliphatic carbocycles. The van der Waals surface area contributed by atoms with Crippen LogP contribution in [0.1, 0.15) is 0 Å². The highest BCUT2D eigenvalue weighted by atomic mass is 79.9. The van der Waals surface area contributed by atoms with Crippen LogP contribution in [0.5, 0.6) is 0 Å². The Bertz CT molecular complexity index is 520. The van der Waals surface area contributed by atoms with E-state index in [2.05, 4.69) is 15.9 Å². The fourth-order valence-corrected chi connectivity index (χ4v) is 1.71. The summed E-state index contributed by atoms with van der Waals surface area (Å²) in [5.41, 5.74) is 1.21. The molecule has 1 heterocycles. The fraction of sp³-hybridized carbons (Fsp3) is 0.100. The predicted octanol–water partition coefficient (Wildman–Crippen LogP) is 3.31. The van der Waals surface area contributed by atoms with Crippen molar-refractivity contribution in [1.29, 1.82) is 0 Å². The van der Waals surface area contributed by atoms with E-state index in [1.54, 1.807) is 6.07 Å². The molecule has 2 rings (SSSR count). The molecule has 0 aliphatic heterocycles. The Balaban J connectivity index is 2.61. The quantitative estimate of drug-likeness (QED) is 0.864. The number of benzene rings is 1. The van der Waals surface area contributed by atoms with E-state index in [0.29, 0.717) is 11.3 Å². The topological polar surface area (TPSA) is 53.7 Å². The van der Waals surface area contributed by atoms with Gasteiger partial charge >= 0.3 is 6.09 Å². The maximum atomic E-state index is 10.8. The van der Waals surface area contributed by atoms with Crippen LogP contribution in [0.3, 0.4) is 0 Å². The second kappa shape index (κ2) is 3.58. The standard InChI is InChI=1S/C10H8BrNO3/c1-12(10(13)14)8-5-15-9-3-2-6(11)4-7(8)9/h2-5H,1H3,(H,13,14). The van der Waals surface area contributed by atoms with Crippen LogP contribution in [0, 0.1) is 0 Å². The van der Waals surface area contributed by atoms with Gasteiger partial charge in [0.1, 0.15) is 11.8 Å². The maximum Gasteiger partial charge on any atom is 0.411 e. The summed E-state index contributed by atoms with van der Waals surface area (Å²) in [5.74, 6) is 0. The van der Waals surface area contributed by atoms with E-state index < -0.39 is 6.09 Å². The van der Waals surface area contributed by atoms with Crippen LogP contribution < -0.4 is 4.90 Å². The Hall–Kier alpha value is -1.49. The van der Waals surface area contributed by atoms with Gasteiger partial charge in [-0.1, -0.05) is 15.9 Å². The Morgan fingerprint density at radius 1 is 1.53 bits per heavy atom. The first-order chi connectivity index (χ1) is 7.09. The monoisotopic (exact) mass is 269 g/mol. The van der Waals surface area contributed by atoms with Crippen LogP contribution in [0.2, 0.25) is 0 Å². The first kappa shape index (κ1) is 10.0. The third kappa shape index (κ3) is 1.70. The van der Waals surface area contributed by atoms with Crippen molar-refractivity contribution in [2.24, 2.45) is 0 Å². The molecular formula is C10H8BrNO3. The van der Waals surface area contributed by atoms with E-state index in [4.69, 9.17) is 9.52 Å². The van der Waals surface area contributed by atoms with E-state index in [1.807, 2.05) is 12.1 Å². The van der Waals surface area contributed by atoms with Crippen molar-refractivity contribution in [3.8, 4) is 0 Å². The zero-order chi connectivity index (χ0) is 11.0. The van der Waals surface area contributed by atoms with E-state index >= 15 is 0 Å². The normalized spacial score (nSPS) is 10.5. The molecule has 5 heteroatoms. The summed E-state index contributed by atoms with van der Waals surface area (Å²) in [6.07, 6.45) is 0.420. The molecule has 2 aromatic rings. The van der Waals surface area contributed by atoms with Crippen molar-refractivity contribution < 1.29 is 14.3 Å². The molecule has 0 aliphatic rings. The molecule has 15 heavy (non-hydrogen) atoms. The van der Waals surface area contributed by atoms with Crippen molar-refractivity contribution in [3.05, 3.63) is 28.9 Å². The smallest absolute Gasteiger partial charge is 0.411 e. The molecule has 0 fully saturated rings. The molecule has 0 unspecified atom stereocenters. The zero-order valence-corrected chi connectivity index (χ0v) is 9.48. The van der Waals surface area contributed by atoms with Gasteiger partial charge < -0.3 is 9.52 Å². The molecule has 1 aromatic heterocycles. The van der Waals surface area contributed by atoms with Crippen LogP contribution in [0.4, 0.5) is 10.5 Å². The number of nitrogens with zero attached hydrogens (tertiary/aromatic N) is 1.